The van der Waals surface area contributed by atoms with Crippen LogP contribution >= 0.6 is 0 Å². The van der Waals surface area contributed by atoms with Gasteiger partial charge in [-0.15, -0.1) is 4.91 Å². The van der Waals surface area contributed by atoms with E-state index in [0.717, 1.165) is 27.9 Å². The quantitative estimate of drug-likeness (QED) is 0.320. The van der Waals surface area contributed by atoms with Crippen molar-refractivity contribution in [2.24, 2.45) is 5.18 Å². The van der Waals surface area contributed by atoms with Crippen molar-refractivity contribution < 1.29 is 9.53 Å². The Labute approximate surface area is 194 Å². The molecule has 0 aliphatic heterocycles. The number of nitrogens with one attached hydrogen (secondary N) is 1. The van der Waals surface area contributed by atoms with E-state index >= 15 is 0 Å². The molecule has 0 aliphatic carbocycles. The van der Waals surface area contributed by atoms with Gasteiger partial charge >= 0.3 is 6.09 Å². The number of amides is 1. The molecule has 33 heavy (non-hydrogen) atoms. The predicted molar refractivity (Wildman–Crippen MR) is 134 cm³/mol. The van der Waals surface area contributed by atoms with E-state index in [1.54, 1.807) is 12.1 Å². The van der Waals surface area contributed by atoms with Gasteiger partial charge in [-0.05, 0) is 65.5 Å². The highest BCUT2D eigenvalue weighted by molar-refractivity contribution is 5.85. The summed E-state index contributed by atoms with van der Waals surface area (Å²) in [7, 11) is 0. The number of ether oxygens (including phenoxy) is 1. The molecule has 0 heterocycles. The number of benzene rings is 4. The maximum absolute atomic E-state index is 11.4. The summed E-state index contributed by atoms with van der Waals surface area (Å²) >= 11 is 0. The highest BCUT2D eigenvalue weighted by atomic mass is 16.6. The van der Waals surface area contributed by atoms with Crippen molar-refractivity contribution in [1.82, 2.24) is 0 Å². The summed E-state index contributed by atoms with van der Waals surface area (Å²) in [6, 6.07) is 35.0. The summed E-state index contributed by atoms with van der Waals surface area (Å²) in [6.07, 6.45) is -0.550. The van der Waals surface area contributed by atoms with Gasteiger partial charge in [0.15, 0.2) is 0 Å². The number of carbonyl (C=O) groups is 1. The molecule has 0 fully saturated rings. The summed E-state index contributed by atoms with van der Waals surface area (Å²) in [4.78, 5) is 21.6. The van der Waals surface area contributed by atoms with E-state index in [2.05, 4.69) is 22.6 Å². The van der Waals surface area contributed by atoms with E-state index in [4.69, 9.17) is 4.74 Å². The molecule has 0 atom stereocenters. The van der Waals surface area contributed by atoms with Gasteiger partial charge in [0.25, 0.3) is 0 Å². The number of hydrogen-bond donors (Lipinski definition) is 1. The molecule has 5 nitrogen and oxygen atoms in total. The molecule has 0 aliphatic rings. The van der Waals surface area contributed by atoms with Crippen LogP contribution in [-0.4, -0.2) is 12.2 Å². The van der Waals surface area contributed by atoms with Crippen LogP contribution < -0.4 is 5.32 Å². The van der Waals surface area contributed by atoms with Crippen LogP contribution in [0.1, 0.15) is 13.8 Å². The topological polar surface area (TPSA) is 67.8 Å². The lowest BCUT2D eigenvalue weighted by Gasteiger charge is -2.10. The number of nitrogens with zero attached hydrogens (tertiary/aromatic N) is 1. The third kappa shape index (κ3) is 7.43. The zero-order valence-electron chi connectivity index (χ0n) is 18.6. The maximum atomic E-state index is 11.4. The van der Waals surface area contributed by atoms with Crippen molar-refractivity contribution in [3.8, 4) is 22.3 Å². The molecule has 0 radical (unpaired) electrons. The zero-order chi connectivity index (χ0) is 23.5. The molecule has 4 aromatic rings. The Morgan fingerprint density at radius 1 is 0.667 bits per heavy atom. The van der Waals surface area contributed by atoms with E-state index in [1.807, 2.05) is 98.8 Å². The highest BCUT2D eigenvalue weighted by Crippen LogP contribution is 2.22. The van der Waals surface area contributed by atoms with Crippen molar-refractivity contribution in [1.29, 1.82) is 0 Å². The summed E-state index contributed by atoms with van der Waals surface area (Å²) in [6.45, 7) is 3.64. The summed E-state index contributed by atoms with van der Waals surface area (Å²) in [5.74, 6) is 0. The van der Waals surface area contributed by atoms with Crippen LogP contribution in [0.5, 0.6) is 0 Å². The third-order valence-electron chi connectivity index (χ3n) is 4.66. The molecule has 166 valence electrons. The van der Waals surface area contributed by atoms with Crippen LogP contribution in [-0.2, 0) is 4.74 Å². The number of rotatable bonds is 5. The van der Waals surface area contributed by atoms with E-state index in [0.29, 0.717) is 5.69 Å². The molecular formula is C28H26N2O3. The number of hydrogen-bond acceptors (Lipinski definition) is 4. The first kappa shape index (κ1) is 23.4. The Morgan fingerprint density at radius 3 is 1.52 bits per heavy atom. The standard InChI is InChI=1S/C16H17NO2.C12H9NO/c1-12(2)19-16(18)17-15-10-8-14(9-11-15)13-6-4-3-5-7-13;14-13-12-8-6-11(7-9-12)10-4-2-1-3-5-10/h3-12H,1-2H3,(H,17,18);1-9H. The van der Waals surface area contributed by atoms with E-state index in [-0.39, 0.29) is 6.10 Å². The number of carbonyl (C=O) groups excluding carboxylic acids is 1. The zero-order valence-corrected chi connectivity index (χ0v) is 18.6. The Hall–Kier alpha value is -4.25. The first-order valence-corrected chi connectivity index (χ1v) is 10.7. The van der Waals surface area contributed by atoms with Gasteiger partial charge in [0.05, 0.1) is 6.10 Å². The van der Waals surface area contributed by atoms with E-state index in [1.165, 1.54) is 0 Å². The second-order valence-corrected chi connectivity index (χ2v) is 7.53. The van der Waals surface area contributed by atoms with Gasteiger partial charge in [-0.1, -0.05) is 84.9 Å². The summed E-state index contributed by atoms with van der Waals surface area (Å²) in [5.41, 5.74) is 5.69. The second-order valence-electron chi connectivity index (χ2n) is 7.53. The Kier molecular flexibility index (Phi) is 8.48. The molecule has 0 saturated carbocycles. The fraction of sp³-hybridized carbons (Fsp3) is 0.107. The minimum absolute atomic E-state index is 0.122. The van der Waals surface area contributed by atoms with Gasteiger partial charge < -0.3 is 4.74 Å². The lowest BCUT2D eigenvalue weighted by molar-refractivity contribution is 0.130. The Balaban J connectivity index is 0.000000194. The van der Waals surface area contributed by atoms with E-state index in [9.17, 15) is 9.70 Å². The lowest BCUT2D eigenvalue weighted by atomic mass is 10.1. The van der Waals surface area contributed by atoms with Crippen molar-refractivity contribution in [3.63, 3.8) is 0 Å². The van der Waals surface area contributed by atoms with Crippen LogP contribution in [0.3, 0.4) is 0 Å². The fourth-order valence-electron chi connectivity index (χ4n) is 3.08. The molecule has 0 unspecified atom stereocenters. The Bertz CT molecular complexity index is 1140. The van der Waals surface area contributed by atoms with Crippen molar-refractivity contribution in [3.05, 3.63) is 114 Å². The average Bonchev–Trinajstić information content (AvgIpc) is 2.85. The van der Waals surface area contributed by atoms with Crippen LogP contribution in [0.2, 0.25) is 0 Å². The van der Waals surface area contributed by atoms with Crippen molar-refractivity contribution in [2.45, 2.75) is 20.0 Å². The molecule has 0 bridgehead atoms. The molecule has 1 N–H and O–H groups in total. The molecule has 0 spiro atoms. The van der Waals surface area contributed by atoms with Crippen LogP contribution in [0.25, 0.3) is 22.3 Å². The monoisotopic (exact) mass is 438 g/mol. The normalized spacial score (nSPS) is 10.0. The van der Waals surface area contributed by atoms with Gasteiger partial charge in [-0.25, -0.2) is 4.79 Å². The van der Waals surface area contributed by atoms with Crippen LogP contribution in [0.4, 0.5) is 16.2 Å². The number of anilines is 1. The summed E-state index contributed by atoms with van der Waals surface area (Å²) in [5, 5.41) is 5.55. The molecule has 0 saturated heterocycles. The second kappa shape index (κ2) is 12.0. The van der Waals surface area contributed by atoms with Gasteiger partial charge in [-0.2, -0.15) is 0 Å². The fourth-order valence-corrected chi connectivity index (χ4v) is 3.08. The SMILES string of the molecule is CC(C)OC(=O)Nc1ccc(-c2ccccc2)cc1.O=Nc1ccc(-c2ccccc2)cc1. The third-order valence-corrected chi connectivity index (χ3v) is 4.66. The van der Waals surface area contributed by atoms with Gasteiger partial charge in [0.1, 0.15) is 5.69 Å². The first-order valence-electron chi connectivity index (χ1n) is 10.7. The smallest absolute Gasteiger partial charge is 0.411 e. The average molecular weight is 439 g/mol. The molecule has 4 rings (SSSR count). The molecule has 1 amide bonds. The first-order chi connectivity index (χ1) is 16.0. The lowest BCUT2D eigenvalue weighted by Crippen LogP contribution is -2.17. The van der Waals surface area contributed by atoms with Gasteiger partial charge in [0, 0.05) is 5.69 Å². The molecule has 5 heteroatoms. The van der Waals surface area contributed by atoms with Crippen molar-refractivity contribution in [2.75, 3.05) is 5.32 Å². The summed E-state index contributed by atoms with van der Waals surface area (Å²) < 4.78 is 5.02. The maximum Gasteiger partial charge on any atom is 0.411 e. The Morgan fingerprint density at radius 2 is 1.09 bits per heavy atom. The minimum Gasteiger partial charge on any atom is -0.447 e. The van der Waals surface area contributed by atoms with Crippen LogP contribution in [0, 0.1) is 4.91 Å². The molecular weight excluding hydrogens is 412 g/mol. The largest absolute Gasteiger partial charge is 0.447 e. The van der Waals surface area contributed by atoms with Gasteiger partial charge in [-0.3, -0.25) is 5.32 Å². The minimum atomic E-state index is -0.428. The van der Waals surface area contributed by atoms with Crippen LogP contribution in [0.15, 0.2) is 114 Å². The highest BCUT2D eigenvalue weighted by Gasteiger charge is 2.05. The van der Waals surface area contributed by atoms with Crippen molar-refractivity contribution >= 4 is 17.5 Å². The van der Waals surface area contributed by atoms with Gasteiger partial charge in [0.2, 0.25) is 0 Å². The molecule has 0 aromatic heterocycles. The van der Waals surface area contributed by atoms with E-state index < -0.39 is 6.09 Å². The number of nitroso groups, excluding NO2 is 1. The predicted octanol–water partition coefficient (Wildman–Crippen LogP) is 8.06. The molecule has 4 aromatic carbocycles.